The molecule has 1 heterocycles. The monoisotopic (exact) mass is 309 g/mol. The van der Waals surface area contributed by atoms with Gasteiger partial charge in [-0.2, -0.15) is 0 Å². The standard InChI is InChI=1S/C16H20ClNO3/c1-20-16(5-2-6-16)10-13(17)11-3-4-14-12(9-11)15(19)18-7-8-21-14/h3-4,9,13H,2,5-8,10H2,1H3,(H,18,19). The van der Waals surface area contributed by atoms with Crippen LogP contribution in [0.4, 0.5) is 0 Å². The molecule has 2 aliphatic rings. The molecule has 1 aliphatic heterocycles. The number of halogens is 1. The second-order valence-electron chi connectivity index (χ2n) is 5.77. The first-order valence-corrected chi connectivity index (χ1v) is 7.81. The summed E-state index contributed by atoms with van der Waals surface area (Å²) in [5.41, 5.74) is 1.42. The van der Waals surface area contributed by atoms with E-state index in [0.29, 0.717) is 24.5 Å². The summed E-state index contributed by atoms with van der Waals surface area (Å²) in [6, 6.07) is 5.62. The van der Waals surface area contributed by atoms with Crippen molar-refractivity contribution in [3.05, 3.63) is 29.3 Å². The van der Waals surface area contributed by atoms with E-state index in [1.54, 1.807) is 7.11 Å². The van der Waals surface area contributed by atoms with Crippen LogP contribution in [0, 0.1) is 0 Å². The number of benzene rings is 1. The van der Waals surface area contributed by atoms with Crippen molar-refractivity contribution in [2.75, 3.05) is 20.3 Å². The summed E-state index contributed by atoms with van der Waals surface area (Å²) in [4.78, 5) is 12.0. The first-order chi connectivity index (χ1) is 10.1. The van der Waals surface area contributed by atoms with Crippen LogP contribution in [-0.2, 0) is 4.74 Å². The summed E-state index contributed by atoms with van der Waals surface area (Å²) in [5, 5.41) is 2.66. The first kappa shape index (κ1) is 14.7. The van der Waals surface area contributed by atoms with Gasteiger partial charge in [-0.15, -0.1) is 11.6 Å². The van der Waals surface area contributed by atoms with Crippen LogP contribution in [0.2, 0.25) is 0 Å². The van der Waals surface area contributed by atoms with Crippen molar-refractivity contribution in [3.8, 4) is 5.75 Å². The van der Waals surface area contributed by atoms with Gasteiger partial charge in [-0.05, 0) is 43.4 Å². The van der Waals surface area contributed by atoms with Crippen molar-refractivity contribution in [2.24, 2.45) is 0 Å². The maximum atomic E-state index is 12.0. The van der Waals surface area contributed by atoms with E-state index in [0.717, 1.165) is 24.8 Å². The Balaban J connectivity index is 1.81. The van der Waals surface area contributed by atoms with Gasteiger partial charge in [0.05, 0.1) is 23.1 Å². The molecule has 21 heavy (non-hydrogen) atoms. The van der Waals surface area contributed by atoms with E-state index < -0.39 is 0 Å². The van der Waals surface area contributed by atoms with Crippen LogP contribution >= 0.6 is 11.6 Å². The first-order valence-electron chi connectivity index (χ1n) is 7.38. The third-order valence-electron chi connectivity index (χ3n) is 4.50. The number of methoxy groups -OCH3 is 1. The van der Waals surface area contributed by atoms with Crippen LogP contribution in [0.1, 0.15) is 47.0 Å². The lowest BCUT2D eigenvalue weighted by Gasteiger charge is -2.41. The minimum absolute atomic E-state index is 0.0853. The summed E-state index contributed by atoms with van der Waals surface area (Å²) >= 11 is 6.56. The molecule has 1 unspecified atom stereocenters. The summed E-state index contributed by atoms with van der Waals surface area (Å²) in [6.45, 7) is 1.02. The van der Waals surface area contributed by atoms with Crippen molar-refractivity contribution in [1.29, 1.82) is 0 Å². The van der Waals surface area contributed by atoms with Gasteiger partial charge in [0.15, 0.2) is 0 Å². The maximum absolute atomic E-state index is 12.0. The van der Waals surface area contributed by atoms with Gasteiger partial charge in [-0.3, -0.25) is 4.79 Å². The number of alkyl halides is 1. The molecule has 0 saturated heterocycles. The predicted molar refractivity (Wildman–Crippen MR) is 81.1 cm³/mol. The van der Waals surface area contributed by atoms with E-state index in [2.05, 4.69) is 5.32 Å². The highest BCUT2D eigenvalue weighted by atomic mass is 35.5. The predicted octanol–water partition coefficient (Wildman–Crippen LogP) is 3.05. The highest BCUT2D eigenvalue weighted by Crippen LogP contribution is 2.44. The van der Waals surface area contributed by atoms with Crippen LogP contribution < -0.4 is 10.1 Å². The molecule has 4 nitrogen and oxygen atoms in total. The molecule has 1 N–H and O–H groups in total. The highest BCUT2D eigenvalue weighted by molar-refractivity contribution is 6.21. The molecular formula is C16H20ClNO3. The van der Waals surface area contributed by atoms with Gasteiger partial charge in [0.25, 0.3) is 5.91 Å². The fourth-order valence-corrected chi connectivity index (χ4v) is 3.39. The molecule has 1 atom stereocenters. The molecule has 0 bridgehead atoms. The molecular weight excluding hydrogens is 290 g/mol. The number of ether oxygens (including phenoxy) is 2. The number of amides is 1. The Morgan fingerprint density at radius 1 is 1.48 bits per heavy atom. The molecule has 1 aliphatic carbocycles. The molecule has 0 radical (unpaired) electrons. The van der Waals surface area contributed by atoms with Crippen molar-refractivity contribution in [2.45, 2.75) is 36.7 Å². The largest absolute Gasteiger partial charge is 0.491 e. The van der Waals surface area contributed by atoms with Gasteiger partial charge < -0.3 is 14.8 Å². The Kier molecular flexibility index (Phi) is 4.09. The minimum atomic E-state index is -0.161. The molecule has 3 rings (SSSR count). The third-order valence-corrected chi connectivity index (χ3v) is 4.91. The zero-order chi connectivity index (χ0) is 14.9. The van der Waals surface area contributed by atoms with Crippen LogP contribution in [0.3, 0.4) is 0 Å². The van der Waals surface area contributed by atoms with Gasteiger partial charge >= 0.3 is 0 Å². The molecule has 1 amide bonds. The average Bonchev–Trinajstić information content (AvgIpc) is 2.64. The van der Waals surface area contributed by atoms with Crippen LogP contribution in [0.25, 0.3) is 0 Å². The van der Waals surface area contributed by atoms with Gasteiger partial charge in [0, 0.05) is 7.11 Å². The maximum Gasteiger partial charge on any atom is 0.255 e. The number of carbonyl (C=O) groups excluding carboxylic acids is 1. The SMILES string of the molecule is COC1(CC(Cl)c2ccc3c(c2)C(=O)NCCO3)CCC1. The number of hydrogen-bond donors (Lipinski definition) is 1. The van der Waals surface area contributed by atoms with Crippen molar-refractivity contribution in [3.63, 3.8) is 0 Å². The molecule has 114 valence electrons. The highest BCUT2D eigenvalue weighted by Gasteiger charge is 2.39. The van der Waals surface area contributed by atoms with Crippen LogP contribution in [0.15, 0.2) is 18.2 Å². The Bertz CT molecular complexity index is 537. The van der Waals surface area contributed by atoms with E-state index in [1.165, 1.54) is 6.42 Å². The fraction of sp³-hybridized carbons (Fsp3) is 0.562. The molecule has 0 aromatic heterocycles. The quantitative estimate of drug-likeness (QED) is 0.870. The second kappa shape index (κ2) is 5.85. The lowest BCUT2D eigenvalue weighted by molar-refractivity contribution is -0.0780. The lowest BCUT2D eigenvalue weighted by atomic mass is 9.76. The molecule has 5 heteroatoms. The van der Waals surface area contributed by atoms with Crippen molar-refractivity contribution < 1.29 is 14.3 Å². The van der Waals surface area contributed by atoms with E-state index in [4.69, 9.17) is 21.1 Å². The lowest BCUT2D eigenvalue weighted by Crippen LogP contribution is -2.39. The summed E-state index contributed by atoms with van der Waals surface area (Å²) < 4.78 is 11.2. The van der Waals surface area contributed by atoms with Gasteiger partial charge in [0.1, 0.15) is 12.4 Å². The molecule has 1 fully saturated rings. The zero-order valence-electron chi connectivity index (χ0n) is 12.2. The topological polar surface area (TPSA) is 47.6 Å². The molecule has 1 aromatic carbocycles. The Morgan fingerprint density at radius 3 is 2.95 bits per heavy atom. The van der Waals surface area contributed by atoms with E-state index in [-0.39, 0.29) is 16.9 Å². The summed E-state index contributed by atoms with van der Waals surface area (Å²) in [7, 11) is 1.75. The Morgan fingerprint density at radius 2 is 2.29 bits per heavy atom. The zero-order valence-corrected chi connectivity index (χ0v) is 12.9. The average molecular weight is 310 g/mol. The van der Waals surface area contributed by atoms with E-state index in [1.807, 2.05) is 18.2 Å². The van der Waals surface area contributed by atoms with Crippen molar-refractivity contribution >= 4 is 17.5 Å². The molecule has 1 saturated carbocycles. The summed E-state index contributed by atoms with van der Waals surface area (Å²) in [5.74, 6) is 0.529. The van der Waals surface area contributed by atoms with Crippen molar-refractivity contribution in [1.82, 2.24) is 5.32 Å². The van der Waals surface area contributed by atoms with Gasteiger partial charge in [-0.1, -0.05) is 6.07 Å². The van der Waals surface area contributed by atoms with E-state index in [9.17, 15) is 4.79 Å². The molecule has 1 aromatic rings. The minimum Gasteiger partial charge on any atom is -0.491 e. The van der Waals surface area contributed by atoms with Crippen LogP contribution in [0.5, 0.6) is 5.75 Å². The fourth-order valence-electron chi connectivity index (χ4n) is 2.97. The number of fused-ring (bicyclic) bond motifs is 1. The smallest absolute Gasteiger partial charge is 0.255 e. The Labute approximate surface area is 129 Å². The van der Waals surface area contributed by atoms with Gasteiger partial charge in [-0.25, -0.2) is 0 Å². The third kappa shape index (κ3) is 2.87. The van der Waals surface area contributed by atoms with Crippen LogP contribution in [-0.4, -0.2) is 31.8 Å². The normalized spacial score (nSPS) is 21.3. The second-order valence-corrected chi connectivity index (χ2v) is 6.30. The number of carbonyl (C=O) groups is 1. The van der Waals surface area contributed by atoms with Gasteiger partial charge in [0.2, 0.25) is 0 Å². The number of rotatable bonds is 4. The number of hydrogen-bond acceptors (Lipinski definition) is 3. The summed E-state index contributed by atoms with van der Waals surface area (Å²) in [6.07, 6.45) is 4.08. The molecule has 0 spiro atoms. The van der Waals surface area contributed by atoms with E-state index >= 15 is 0 Å². The number of nitrogens with one attached hydrogen (secondary N) is 1. The Hall–Kier alpha value is -1.26.